The standard InChI is InChI=1S/C18H18Br2O7/c1-10(21)24-16-15(27-17(23)12-6-4-3-5-7-12)13(8-9-14(19)20)26-18(16)25-11(2)22/h3-7,9,13,15-16,18H,8H2,1-2H3/t13-,15-,16-,18-/m1/s1. The minimum atomic E-state index is -1.17. The van der Waals surface area contributed by atoms with Crippen LogP contribution >= 0.6 is 31.9 Å². The summed E-state index contributed by atoms with van der Waals surface area (Å²) in [5, 5.41) is 0. The van der Waals surface area contributed by atoms with Crippen LogP contribution in [0.5, 0.6) is 0 Å². The molecule has 1 aromatic carbocycles. The normalized spacial score (nSPS) is 24.0. The lowest BCUT2D eigenvalue weighted by Gasteiger charge is -2.23. The Bertz CT molecular complexity index is 716. The molecule has 0 aromatic heterocycles. The van der Waals surface area contributed by atoms with E-state index in [0.717, 1.165) is 0 Å². The van der Waals surface area contributed by atoms with Gasteiger partial charge in [0.2, 0.25) is 12.4 Å². The zero-order valence-electron chi connectivity index (χ0n) is 14.6. The summed E-state index contributed by atoms with van der Waals surface area (Å²) in [6.45, 7) is 2.42. The van der Waals surface area contributed by atoms with Gasteiger partial charge in [0, 0.05) is 13.8 Å². The molecule has 1 aliphatic rings. The van der Waals surface area contributed by atoms with Crippen LogP contribution in [-0.4, -0.2) is 42.5 Å². The van der Waals surface area contributed by atoms with Crippen LogP contribution in [-0.2, 0) is 28.5 Å². The first-order valence-electron chi connectivity index (χ1n) is 8.05. The van der Waals surface area contributed by atoms with Crippen molar-refractivity contribution in [1.82, 2.24) is 0 Å². The number of carbonyl (C=O) groups excluding carboxylic acids is 3. The third kappa shape index (κ3) is 6.44. The van der Waals surface area contributed by atoms with Crippen LogP contribution < -0.4 is 0 Å². The molecule has 1 aliphatic heterocycles. The summed E-state index contributed by atoms with van der Waals surface area (Å²) in [5.74, 6) is -1.82. The Morgan fingerprint density at radius 1 is 1.00 bits per heavy atom. The molecule has 0 amide bonds. The number of rotatable bonds is 6. The van der Waals surface area contributed by atoms with Gasteiger partial charge in [0.25, 0.3) is 0 Å². The Morgan fingerprint density at radius 2 is 1.63 bits per heavy atom. The van der Waals surface area contributed by atoms with E-state index in [1.807, 2.05) is 0 Å². The van der Waals surface area contributed by atoms with Gasteiger partial charge < -0.3 is 18.9 Å². The van der Waals surface area contributed by atoms with Crippen molar-refractivity contribution in [2.75, 3.05) is 0 Å². The number of hydrogen-bond donors (Lipinski definition) is 0. The van der Waals surface area contributed by atoms with Gasteiger partial charge in [0.1, 0.15) is 6.10 Å². The maximum absolute atomic E-state index is 12.5. The molecule has 0 radical (unpaired) electrons. The van der Waals surface area contributed by atoms with E-state index in [0.29, 0.717) is 15.4 Å². The molecule has 1 fully saturated rings. The highest BCUT2D eigenvalue weighted by atomic mass is 79.9. The highest BCUT2D eigenvalue weighted by Gasteiger charge is 2.50. The van der Waals surface area contributed by atoms with Gasteiger partial charge in [0.15, 0.2) is 6.10 Å². The van der Waals surface area contributed by atoms with E-state index in [-0.39, 0.29) is 0 Å². The molecule has 4 atom stereocenters. The Labute approximate surface area is 173 Å². The molecule has 1 heterocycles. The molecular weight excluding hydrogens is 488 g/mol. The van der Waals surface area contributed by atoms with E-state index >= 15 is 0 Å². The van der Waals surface area contributed by atoms with Crippen LogP contribution in [0.4, 0.5) is 0 Å². The monoisotopic (exact) mass is 504 g/mol. The number of esters is 3. The average Bonchev–Trinajstić information content (AvgIpc) is 2.89. The van der Waals surface area contributed by atoms with Gasteiger partial charge in [-0.3, -0.25) is 9.59 Å². The van der Waals surface area contributed by atoms with Crippen LogP contribution in [0.3, 0.4) is 0 Å². The van der Waals surface area contributed by atoms with Gasteiger partial charge in [-0.1, -0.05) is 24.3 Å². The summed E-state index contributed by atoms with van der Waals surface area (Å²) >= 11 is 6.49. The lowest BCUT2D eigenvalue weighted by Crippen LogP contribution is -2.41. The molecule has 2 rings (SSSR count). The Hall–Kier alpha value is -1.71. The number of carbonyl (C=O) groups is 3. The van der Waals surface area contributed by atoms with Crippen LogP contribution in [0.15, 0.2) is 39.8 Å². The highest BCUT2D eigenvalue weighted by molar-refractivity contribution is 9.28. The van der Waals surface area contributed by atoms with Crippen LogP contribution in [0.25, 0.3) is 0 Å². The lowest BCUT2D eigenvalue weighted by molar-refractivity contribution is -0.194. The van der Waals surface area contributed by atoms with E-state index in [1.54, 1.807) is 36.4 Å². The molecule has 27 heavy (non-hydrogen) atoms. The van der Waals surface area contributed by atoms with E-state index in [1.165, 1.54) is 13.8 Å². The largest absolute Gasteiger partial charge is 0.452 e. The first kappa shape index (κ1) is 21.6. The summed E-state index contributed by atoms with van der Waals surface area (Å²) in [7, 11) is 0. The van der Waals surface area contributed by atoms with Crippen LogP contribution in [0, 0.1) is 0 Å². The van der Waals surface area contributed by atoms with E-state index in [4.69, 9.17) is 18.9 Å². The molecule has 7 nitrogen and oxygen atoms in total. The third-order valence-corrected chi connectivity index (χ3v) is 4.26. The minimum absolute atomic E-state index is 0.314. The van der Waals surface area contributed by atoms with Gasteiger partial charge in [-0.05, 0) is 50.4 Å². The van der Waals surface area contributed by atoms with Crippen LogP contribution in [0.2, 0.25) is 0 Å². The van der Waals surface area contributed by atoms with Crippen molar-refractivity contribution in [3.05, 3.63) is 45.4 Å². The molecule has 0 unspecified atom stereocenters. The van der Waals surface area contributed by atoms with E-state index in [2.05, 4.69) is 31.9 Å². The first-order chi connectivity index (χ1) is 12.8. The lowest BCUT2D eigenvalue weighted by atomic mass is 10.1. The summed E-state index contributed by atoms with van der Waals surface area (Å²) in [6, 6.07) is 8.39. The molecule has 0 saturated carbocycles. The fourth-order valence-electron chi connectivity index (χ4n) is 2.57. The van der Waals surface area contributed by atoms with Gasteiger partial charge in [0.05, 0.1) is 8.96 Å². The van der Waals surface area contributed by atoms with E-state index in [9.17, 15) is 14.4 Å². The molecular formula is C18H18Br2O7. The molecule has 0 spiro atoms. The zero-order chi connectivity index (χ0) is 20.0. The quantitative estimate of drug-likeness (QED) is 0.432. The van der Waals surface area contributed by atoms with Crippen molar-refractivity contribution < 1.29 is 33.3 Å². The Kier molecular flexibility index (Phi) is 8.00. The number of ether oxygens (including phenoxy) is 4. The van der Waals surface area contributed by atoms with Crippen molar-refractivity contribution >= 4 is 49.8 Å². The Balaban J connectivity index is 2.27. The first-order valence-corrected chi connectivity index (χ1v) is 9.63. The van der Waals surface area contributed by atoms with Crippen molar-refractivity contribution in [1.29, 1.82) is 0 Å². The maximum atomic E-state index is 12.5. The predicted octanol–water partition coefficient (Wildman–Crippen LogP) is 3.45. The second-order valence-corrected chi connectivity index (χ2v) is 8.46. The van der Waals surface area contributed by atoms with Gasteiger partial charge >= 0.3 is 17.9 Å². The zero-order valence-corrected chi connectivity index (χ0v) is 17.8. The minimum Gasteiger partial charge on any atom is -0.452 e. The summed E-state index contributed by atoms with van der Waals surface area (Å²) in [6.07, 6.45) is -1.83. The Morgan fingerprint density at radius 3 is 2.19 bits per heavy atom. The van der Waals surface area contributed by atoms with Crippen LogP contribution in [0.1, 0.15) is 30.6 Å². The van der Waals surface area contributed by atoms with Crippen molar-refractivity contribution in [3.63, 3.8) is 0 Å². The number of benzene rings is 1. The molecule has 146 valence electrons. The van der Waals surface area contributed by atoms with Gasteiger partial charge in [-0.25, -0.2) is 4.79 Å². The summed E-state index contributed by atoms with van der Waals surface area (Å²) in [4.78, 5) is 35.4. The van der Waals surface area contributed by atoms with Crippen molar-refractivity contribution in [2.24, 2.45) is 0 Å². The molecule has 1 aromatic rings. The fraction of sp³-hybridized carbons (Fsp3) is 0.389. The SMILES string of the molecule is CC(=O)O[C@@H]1O[C@H](CC=C(Br)Br)[C@@H](OC(=O)c2ccccc2)[C@H]1OC(C)=O. The summed E-state index contributed by atoms with van der Waals surface area (Å²) < 4.78 is 22.3. The molecule has 0 N–H and O–H groups in total. The third-order valence-electron chi connectivity index (χ3n) is 3.61. The van der Waals surface area contributed by atoms with Gasteiger partial charge in [-0.15, -0.1) is 0 Å². The number of hydrogen-bond acceptors (Lipinski definition) is 7. The van der Waals surface area contributed by atoms with Crippen molar-refractivity contribution in [3.8, 4) is 0 Å². The molecule has 1 saturated heterocycles. The number of halogens is 2. The van der Waals surface area contributed by atoms with Gasteiger partial charge in [-0.2, -0.15) is 0 Å². The van der Waals surface area contributed by atoms with E-state index < -0.39 is 42.5 Å². The van der Waals surface area contributed by atoms with Crippen molar-refractivity contribution in [2.45, 2.75) is 44.9 Å². The molecule has 0 bridgehead atoms. The molecule has 9 heteroatoms. The summed E-state index contributed by atoms with van der Waals surface area (Å²) in [5.41, 5.74) is 0.339. The highest BCUT2D eigenvalue weighted by Crippen LogP contribution is 2.31. The second-order valence-electron chi connectivity index (χ2n) is 5.69. The fourth-order valence-corrected chi connectivity index (χ4v) is 2.94. The topological polar surface area (TPSA) is 88.1 Å². The second kappa shape index (κ2) is 10.0. The average molecular weight is 506 g/mol. The molecule has 0 aliphatic carbocycles. The maximum Gasteiger partial charge on any atom is 0.338 e. The smallest absolute Gasteiger partial charge is 0.338 e. The predicted molar refractivity (Wildman–Crippen MR) is 102 cm³/mol.